The molecule has 68 valence electrons. The average molecular weight is 181 g/mol. The van der Waals surface area contributed by atoms with E-state index in [1.807, 2.05) is 6.07 Å². The van der Waals surface area contributed by atoms with Crippen LogP contribution in [0.2, 0.25) is 0 Å². The molecule has 1 aromatic carbocycles. The summed E-state index contributed by atoms with van der Waals surface area (Å²) in [5.74, 6) is -2.76. The minimum absolute atomic E-state index is 0.323. The van der Waals surface area contributed by atoms with Crippen LogP contribution in [0.3, 0.4) is 0 Å². The Morgan fingerprint density at radius 2 is 2.00 bits per heavy atom. The molecule has 0 saturated heterocycles. The largest absolute Gasteiger partial charge is 0.249 e. The second-order valence-electron chi connectivity index (χ2n) is 3.02. The van der Waals surface area contributed by atoms with Crippen LogP contribution in [0.1, 0.15) is 18.1 Å². The fraction of sp³-hybridized carbons (Fsp3) is 0.300. The predicted molar refractivity (Wildman–Crippen MR) is 45.5 cm³/mol. The summed E-state index contributed by atoms with van der Waals surface area (Å²) in [5, 5.41) is 8.62. The molecule has 0 aliphatic heterocycles. The summed E-state index contributed by atoms with van der Waals surface area (Å²) in [6.07, 6.45) is -0.378. The van der Waals surface area contributed by atoms with Crippen molar-refractivity contribution in [2.45, 2.75) is 19.3 Å². The maximum Gasteiger partial charge on any atom is 0.249 e. The number of halogens is 2. The summed E-state index contributed by atoms with van der Waals surface area (Å²) in [7, 11) is 0. The highest BCUT2D eigenvalue weighted by Gasteiger charge is 2.22. The average Bonchev–Trinajstić information content (AvgIpc) is 2.02. The third kappa shape index (κ3) is 2.83. The second-order valence-corrected chi connectivity index (χ2v) is 3.02. The number of rotatable bonds is 2. The van der Waals surface area contributed by atoms with Crippen LogP contribution >= 0.6 is 0 Å². The lowest BCUT2D eigenvalue weighted by Crippen LogP contribution is -2.14. The van der Waals surface area contributed by atoms with E-state index < -0.39 is 5.92 Å². The van der Waals surface area contributed by atoms with Gasteiger partial charge in [0, 0.05) is 6.42 Å². The van der Waals surface area contributed by atoms with Crippen LogP contribution in [0.25, 0.3) is 0 Å². The van der Waals surface area contributed by atoms with E-state index in [0.717, 1.165) is 6.92 Å². The van der Waals surface area contributed by atoms with Crippen LogP contribution in [0, 0.1) is 11.3 Å². The van der Waals surface area contributed by atoms with Crippen LogP contribution in [0.15, 0.2) is 24.3 Å². The Kier molecular flexibility index (Phi) is 2.62. The lowest BCUT2D eigenvalue weighted by atomic mass is 10.0. The molecule has 0 unspecified atom stereocenters. The Balaban J connectivity index is 2.96. The van der Waals surface area contributed by atoms with Crippen molar-refractivity contribution in [3.63, 3.8) is 0 Å². The predicted octanol–water partition coefficient (Wildman–Crippen LogP) is 2.76. The number of hydrogen-bond acceptors (Lipinski definition) is 1. The van der Waals surface area contributed by atoms with Crippen LogP contribution in [0.5, 0.6) is 0 Å². The Hall–Kier alpha value is -1.43. The van der Waals surface area contributed by atoms with Gasteiger partial charge < -0.3 is 0 Å². The molecule has 0 aliphatic carbocycles. The SMILES string of the molecule is CC(F)(F)Cc1ccccc1C#N. The highest BCUT2D eigenvalue weighted by Crippen LogP contribution is 2.20. The molecule has 0 bridgehead atoms. The van der Waals surface area contributed by atoms with E-state index in [9.17, 15) is 8.78 Å². The fourth-order valence-corrected chi connectivity index (χ4v) is 1.12. The van der Waals surface area contributed by atoms with E-state index in [0.29, 0.717) is 11.1 Å². The number of alkyl halides is 2. The Labute approximate surface area is 75.6 Å². The van der Waals surface area contributed by atoms with Crippen molar-refractivity contribution in [1.29, 1.82) is 5.26 Å². The molecule has 0 atom stereocenters. The van der Waals surface area contributed by atoms with Crippen molar-refractivity contribution in [3.05, 3.63) is 35.4 Å². The normalized spacial score (nSPS) is 10.9. The molecular weight excluding hydrogens is 172 g/mol. The first-order chi connectivity index (χ1) is 6.03. The Morgan fingerprint density at radius 3 is 2.54 bits per heavy atom. The van der Waals surface area contributed by atoms with Gasteiger partial charge in [0.2, 0.25) is 5.92 Å². The smallest absolute Gasteiger partial charge is 0.207 e. The van der Waals surface area contributed by atoms with Crippen molar-refractivity contribution in [2.75, 3.05) is 0 Å². The molecule has 1 aromatic rings. The standard InChI is InChI=1S/C10H9F2N/c1-10(11,12)6-8-4-2-3-5-9(8)7-13/h2-5H,6H2,1H3. The fourth-order valence-electron chi connectivity index (χ4n) is 1.12. The molecule has 0 amide bonds. The molecule has 0 heterocycles. The van der Waals surface area contributed by atoms with Crippen LogP contribution in [0.4, 0.5) is 8.78 Å². The van der Waals surface area contributed by atoms with Gasteiger partial charge >= 0.3 is 0 Å². The first-order valence-electron chi connectivity index (χ1n) is 3.89. The van der Waals surface area contributed by atoms with E-state index >= 15 is 0 Å². The van der Waals surface area contributed by atoms with Gasteiger partial charge in [0.1, 0.15) is 0 Å². The molecule has 1 nitrogen and oxygen atoms in total. The van der Waals surface area contributed by atoms with Gasteiger partial charge in [-0.15, -0.1) is 0 Å². The van der Waals surface area contributed by atoms with Crippen LogP contribution in [-0.4, -0.2) is 5.92 Å². The maximum atomic E-state index is 12.6. The summed E-state index contributed by atoms with van der Waals surface area (Å²) in [4.78, 5) is 0. The van der Waals surface area contributed by atoms with E-state index in [4.69, 9.17) is 5.26 Å². The number of nitriles is 1. The lowest BCUT2D eigenvalue weighted by molar-refractivity contribution is 0.0225. The van der Waals surface area contributed by atoms with Crippen molar-refractivity contribution in [1.82, 2.24) is 0 Å². The molecule has 3 heteroatoms. The second kappa shape index (κ2) is 3.53. The van der Waals surface area contributed by atoms with E-state index in [2.05, 4.69) is 0 Å². The summed E-state index contributed by atoms with van der Waals surface area (Å²) >= 11 is 0. The minimum Gasteiger partial charge on any atom is -0.207 e. The van der Waals surface area contributed by atoms with E-state index in [-0.39, 0.29) is 6.42 Å². The Morgan fingerprint density at radius 1 is 1.38 bits per heavy atom. The molecule has 0 saturated carbocycles. The van der Waals surface area contributed by atoms with Gasteiger partial charge in [-0.2, -0.15) is 5.26 Å². The zero-order chi connectivity index (χ0) is 9.90. The van der Waals surface area contributed by atoms with Crippen LogP contribution in [-0.2, 0) is 6.42 Å². The van der Waals surface area contributed by atoms with Gasteiger partial charge in [-0.1, -0.05) is 18.2 Å². The highest BCUT2D eigenvalue weighted by atomic mass is 19.3. The number of nitrogens with zero attached hydrogens (tertiary/aromatic N) is 1. The molecular formula is C10H9F2N. The molecule has 0 aromatic heterocycles. The quantitative estimate of drug-likeness (QED) is 0.688. The zero-order valence-corrected chi connectivity index (χ0v) is 7.22. The van der Waals surface area contributed by atoms with Crippen molar-refractivity contribution in [2.24, 2.45) is 0 Å². The summed E-state index contributed by atoms with van der Waals surface area (Å²) in [6, 6.07) is 8.30. The number of benzene rings is 1. The molecule has 13 heavy (non-hydrogen) atoms. The van der Waals surface area contributed by atoms with Crippen molar-refractivity contribution in [3.8, 4) is 6.07 Å². The molecule has 0 fully saturated rings. The first-order valence-corrected chi connectivity index (χ1v) is 3.89. The Bertz CT molecular complexity index is 334. The van der Waals surface area contributed by atoms with Gasteiger partial charge in [0.25, 0.3) is 0 Å². The monoisotopic (exact) mass is 181 g/mol. The summed E-state index contributed by atoms with van der Waals surface area (Å²) in [5.41, 5.74) is 0.724. The van der Waals surface area contributed by atoms with Crippen molar-refractivity contribution >= 4 is 0 Å². The molecule has 0 N–H and O–H groups in total. The zero-order valence-electron chi connectivity index (χ0n) is 7.22. The van der Waals surface area contributed by atoms with Gasteiger partial charge in [-0.3, -0.25) is 0 Å². The summed E-state index contributed by atoms with van der Waals surface area (Å²) in [6.45, 7) is 0.848. The van der Waals surface area contributed by atoms with Gasteiger partial charge in [-0.05, 0) is 18.6 Å². The van der Waals surface area contributed by atoms with Gasteiger partial charge in [0.05, 0.1) is 11.6 Å². The summed E-state index contributed by atoms with van der Waals surface area (Å²) < 4.78 is 25.2. The van der Waals surface area contributed by atoms with E-state index in [1.54, 1.807) is 24.3 Å². The molecule has 0 radical (unpaired) electrons. The molecule has 0 spiro atoms. The topological polar surface area (TPSA) is 23.8 Å². The maximum absolute atomic E-state index is 12.6. The van der Waals surface area contributed by atoms with E-state index in [1.165, 1.54) is 0 Å². The van der Waals surface area contributed by atoms with Gasteiger partial charge in [-0.25, -0.2) is 8.78 Å². The van der Waals surface area contributed by atoms with Crippen molar-refractivity contribution < 1.29 is 8.78 Å². The molecule has 1 rings (SSSR count). The minimum atomic E-state index is -2.76. The third-order valence-corrected chi connectivity index (χ3v) is 1.64. The first kappa shape index (κ1) is 9.66. The van der Waals surface area contributed by atoms with Gasteiger partial charge in [0.15, 0.2) is 0 Å². The third-order valence-electron chi connectivity index (χ3n) is 1.64. The molecule has 0 aliphatic rings. The highest BCUT2D eigenvalue weighted by molar-refractivity contribution is 5.37. The number of hydrogen-bond donors (Lipinski definition) is 0. The van der Waals surface area contributed by atoms with Crippen LogP contribution < -0.4 is 0 Å². The lowest BCUT2D eigenvalue weighted by Gasteiger charge is -2.10.